The second kappa shape index (κ2) is 8.48. The van der Waals surface area contributed by atoms with Crippen LogP contribution < -0.4 is 10.9 Å². The van der Waals surface area contributed by atoms with Crippen molar-refractivity contribution in [2.75, 3.05) is 19.7 Å². The third kappa shape index (κ3) is 4.52. The van der Waals surface area contributed by atoms with E-state index in [0.29, 0.717) is 38.2 Å². The zero-order chi connectivity index (χ0) is 19.2. The van der Waals surface area contributed by atoms with E-state index in [-0.39, 0.29) is 29.3 Å². The number of aromatic nitrogens is 2. The Morgan fingerprint density at radius 3 is 2.52 bits per heavy atom. The molecule has 0 unspecified atom stereocenters. The summed E-state index contributed by atoms with van der Waals surface area (Å²) in [4.78, 5) is 38.0. The summed E-state index contributed by atoms with van der Waals surface area (Å²) >= 11 is 0. The maximum Gasteiger partial charge on any atom is 0.409 e. The highest BCUT2D eigenvalue weighted by Crippen LogP contribution is 2.12. The van der Waals surface area contributed by atoms with Crippen molar-refractivity contribution in [2.45, 2.75) is 25.8 Å². The smallest absolute Gasteiger partial charge is 0.409 e. The summed E-state index contributed by atoms with van der Waals surface area (Å²) in [6.07, 6.45) is 0.963. The van der Waals surface area contributed by atoms with Crippen molar-refractivity contribution in [1.29, 1.82) is 0 Å². The zero-order valence-electron chi connectivity index (χ0n) is 15.1. The van der Waals surface area contributed by atoms with Crippen LogP contribution in [-0.2, 0) is 4.74 Å². The van der Waals surface area contributed by atoms with E-state index in [1.807, 2.05) is 6.07 Å². The van der Waals surface area contributed by atoms with E-state index in [1.54, 1.807) is 36.1 Å². The number of carbonyl (C=O) groups is 2. The molecule has 0 aliphatic carbocycles. The molecule has 1 fully saturated rings. The van der Waals surface area contributed by atoms with Gasteiger partial charge in [0.25, 0.3) is 11.5 Å². The van der Waals surface area contributed by atoms with Crippen LogP contribution in [0.5, 0.6) is 0 Å². The number of carbonyl (C=O) groups excluding carboxylic acids is 2. The molecule has 3 rings (SSSR count). The highest BCUT2D eigenvalue weighted by molar-refractivity contribution is 5.92. The molecule has 1 aromatic carbocycles. The number of amides is 2. The number of nitrogens with zero attached hydrogens (tertiary/aromatic N) is 3. The summed E-state index contributed by atoms with van der Waals surface area (Å²) in [5, 5.41) is 7.11. The summed E-state index contributed by atoms with van der Waals surface area (Å²) in [7, 11) is 0. The number of hydrogen-bond acceptors (Lipinski definition) is 5. The van der Waals surface area contributed by atoms with Crippen LogP contribution in [0.2, 0.25) is 0 Å². The summed E-state index contributed by atoms with van der Waals surface area (Å²) in [6.45, 7) is 3.17. The van der Waals surface area contributed by atoms with Gasteiger partial charge in [0.05, 0.1) is 12.3 Å². The molecule has 8 heteroatoms. The third-order valence-corrected chi connectivity index (χ3v) is 4.39. The van der Waals surface area contributed by atoms with E-state index < -0.39 is 0 Å². The van der Waals surface area contributed by atoms with Crippen LogP contribution in [0, 0.1) is 0 Å². The first-order chi connectivity index (χ1) is 13.1. The molecule has 0 spiro atoms. The van der Waals surface area contributed by atoms with Crippen LogP contribution >= 0.6 is 0 Å². The van der Waals surface area contributed by atoms with Crippen LogP contribution in [0.25, 0.3) is 5.69 Å². The number of para-hydroxylation sites is 1. The van der Waals surface area contributed by atoms with E-state index in [2.05, 4.69) is 10.4 Å². The molecule has 2 heterocycles. The summed E-state index contributed by atoms with van der Waals surface area (Å²) < 4.78 is 6.20. The SMILES string of the molecule is CCOC(=O)N1CCC(NC(=O)c2ccc(=O)n(-c3ccccc3)n2)CC1. The number of benzene rings is 1. The lowest BCUT2D eigenvalue weighted by atomic mass is 10.1. The predicted molar refractivity (Wildman–Crippen MR) is 98.9 cm³/mol. The predicted octanol–water partition coefficient (Wildman–Crippen LogP) is 1.58. The van der Waals surface area contributed by atoms with Gasteiger partial charge in [-0.2, -0.15) is 9.78 Å². The molecule has 8 nitrogen and oxygen atoms in total. The van der Waals surface area contributed by atoms with Crippen molar-refractivity contribution < 1.29 is 14.3 Å². The number of piperidine rings is 1. The van der Waals surface area contributed by atoms with Crippen LogP contribution in [-0.4, -0.2) is 52.4 Å². The van der Waals surface area contributed by atoms with Crippen LogP contribution in [0.1, 0.15) is 30.3 Å². The molecular formula is C19H22N4O4. The summed E-state index contributed by atoms with van der Waals surface area (Å²) in [5.74, 6) is -0.339. The van der Waals surface area contributed by atoms with Crippen LogP contribution in [0.3, 0.4) is 0 Å². The minimum absolute atomic E-state index is 0.0536. The molecule has 1 aliphatic rings. The molecule has 1 N–H and O–H groups in total. The molecule has 0 saturated carbocycles. The first kappa shape index (κ1) is 18.6. The monoisotopic (exact) mass is 370 g/mol. The second-order valence-electron chi connectivity index (χ2n) is 6.24. The number of rotatable bonds is 4. The first-order valence-electron chi connectivity index (χ1n) is 8.97. The van der Waals surface area contributed by atoms with Crippen molar-refractivity contribution in [2.24, 2.45) is 0 Å². The van der Waals surface area contributed by atoms with Gasteiger partial charge in [-0.05, 0) is 38.0 Å². The number of hydrogen-bond donors (Lipinski definition) is 1. The summed E-state index contributed by atoms with van der Waals surface area (Å²) in [5.41, 5.74) is 0.465. The average Bonchev–Trinajstić information content (AvgIpc) is 2.69. The number of ether oxygens (including phenoxy) is 1. The Kier molecular flexibility index (Phi) is 5.85. The van der Waals surface area contributed by atoms with Gasteiger partial charge in [-0.3, -0.25) is 9.59 Å². The van der Waals surface area contributed by atoms with Gasteiger partial charge in [-0.25, -0.2) is 4.79 Å². The largest absolute Gasteiger partial charge is 0.450 e. The van der Waals surface area contributed by atoms with Crippen molar-refractivity contribution in [3.05, 3.63) is 58.5 Å². The molecule has 2 aromatic rings. The van der Waals surface area contributed by atoms with E-state index in [9.17, 15) is 14.4 Å². The van der Waals surface area contributed by atoms with Gasteiger partial charge in [-0.1, -0.05) is 18.2 Å². The van der Waals surface area contributed by atoms with Gasteiger partial charge in [0, 0.05) is 25.2 Å². The zero-order valence-corrected chi connectivity index (χ0v) is 15.1. The fourth-order valence-corrected chi connectivity index (χ4v) is 2.97. The van der Waals surface area contributed by atoms with Crippen molar-refractivity contribution in [1.82, 2.24) is 20.0 Å². The average molecular weight is 370 g/mol. The van der Waals surface area contributed by atoms with Gasteiger partial charge in [0.2, 0.25) is 0 Å². The minimum Gasteiger partial charge on any atom is -0.450 e. The van der Waals surface area contributed by atoms with Crippen molar-refractivity contribution in [3.63, 3.8) is 0 Å². The molecule has 27 heavy (non-hydrogen) atoms. The van der Waals surface area contributed by atoms with E-state index in [1.165, 1.54) is 16.8 Å². The lowest BCUT2D eigenvalue weighted by Gasteiger charge is -2.31. The first-order valence-corrected chi connectivity index (χ1v) is 8.97. The maximum atomic E-state index is 12.5. The molecule has 0 radical (unpaired) electrons. The Morgan fingerprint density at radius 1 is 1.15 bits per heavy atom. The Balaban J connectivity index is 1.64. The molecule has 0 bridgehead atoms. The quantitative estimate of drug-likeness (QED) is 0.882. The molecule has 1 aliphatic heterocycles. The van der Waals surface area contributed by atoms with E-state index in [4.69, 9.17) is 4.74 Å². The third-order valence-electron chi connectivity index (χ3n) is 4.39. The van der Waals surface area contributed by atoms with Gasteiger partial charge in [-0.15, -0.1) is 0 Å². The van der Waals surface area contributed by atoms with Crippen LogP contribution in [0.4, 0.5) is 4.79 Å². The lowest BCUT2D eigenvalue weighted by Crippen LogP contribution is -2.47. The lowest BCUT2D eigenvalue weighted by molar-refractivity contribution is 0.0855. The Hall–Kier alpha value is -3.16. The van der Waals surface area contributed by atoms with Gasteiger partial charge < -0.3 is 15.0 Å². The van der Waals surface area contributed by atoms with Crippen LogP contribution in [0.15, 0.2) is 47.3 Å². The molecular weight excluding hydrogens is 348 g/mol. The second-order valence-corrected chi connectivity index (χ2v) is 6.24. The van der Waals surface area contributed by atoms with Crippen molar-refractivity contribution in [3.8, 4) is 5.69 Å². The topological polar surface area (TPSA) is 93.5 Å². The fraction of sp³-hybridized carbons (Fsp3) is 0.368. The fourth-order valence-electron chi connectivity index (χ4n) is 2.97. The van der Waals surface area contributed by atoms with Gasteiger partial charge >= 0.3 is 6.09 Å². The standard InChI is InChI=1S/C19H22N4O4/c1-2-27-19(26)22-12-10-14(11-13-22)20-18(25)16-8-9-17(24)23(21-16)15-6-4-3-5-7-15/h3-9,14H,2,10-13H2,1H3,(H,20,25). The highest BCUT2D eigenvalue weighted by Gasteiger charge is 2.25. The number of likely N-dealkylation sites (tertiary alicyclic amines) is 1. The molecule has 0 atom stereocenters. The minimum atomic E-state index is -0.339. The normalized spacial score (nSPS) is 14.6. The van der Waals surface area contributed by atoms with E-state index in [0.717, 1.165) is 0 Å². The highest BCUT2D eigenvalue weighted by atomic mass is 16.6. The summed E-state index contributed by atoms with van der Waals surface area (Å²) in [6, 6.07) is 11.6. The maximum absolute atomic E-state index is 12.5. The van der Waals surface area contributed by atoms with Crippen molar-refractivity contribution >= 4 is 12.0 Å². The Morgan fingerprint density at radius 2 is 1.85 bits per heavy atom. The molecule has 2 amide bonds. The Bertz CT molecular complexity index is 858. The Labute approximate surface area is 156 Å². The molecule has 1 aromatic heterocycles. The van der Waals surface area contributed by atoms with Gasteiger partial charge in [0.15, 0.2) is 0 Å². The molecule has 1 saturated heterocycles. The van der Waals surface area contributed by atoms with E-state index >= 15 is 0 Å². The molecule has 142 valence electrons. The number of nitrogens with one attached hydrogen (secondary N) is 1. The van der Waals surface area contributed by atoms with Gasteiger partial charge in [0.1, 0.15) is 5.69 Å².